The Morgan fingerprint density at radius 3 is 2.52 bits per heavy atom. The summed E-state index contributed by atoms with van der Waals surface area (Å²) in [5.74, 6) is 0.943. The van der Waals surface area contributed by atoms with Crippen LogP contribution in [-0.2, 0) is 6.42 Å². The number of aromatic hydroxyl groups is 1. The van der Waals surface area contributed by atoms with Crippen molar-refractivity contribution >= 4 is 0 Å². The molecule has 0 aliphatic carbocycles. The Bertz CT molecular complexity index is 813. The van der Waals surface area contributed by atoms with Crippen molar-refractivity contribution in [3.8, 4) is 22.6 Å². The summed E-state index contributed by atoms with van der Waals surface area (Å²) in [6.45, 7) is 2.04. The topological polar surface area (TPSA) is 42.4 Å². The highest BCUT2D eigenvalue weighted by Gasteiger charge is 2.15. The van der Waals surface area contributed by atoms with Crippen LogP contribution in [0.5, 0.6) is 11.5 Å². The van der Waals surface area contributed by atoms with E-state index in [1.165, 1.54) is 0 Å². The van der Waals surface area contributed by atoms with Gasteiger partial charge in [0.25, 0.3) is 0 Å². The third kappa shape index (κ3) is 3.19. The molecule has 3 heteroatoms. The van der Waals surface area contributed by atoms with Gasteiger partial charge >= 0.3 is 0 Å². The Labute approximate surface area is 136 Å². The van der Waals surface area contributed by atoms with Crippen LogP contribution in [-0.4, -0.2) is 17.2 Å². The van der Waals surface area contributed by atoms with Gasteiger partial charge in [0.2, 0.25) is 0 Å². The van der Waals surface area contributed by atoms with Gasteiger partial charge in [-0.15, -0.1) is 0 Å². The van der Waals surface area contributed by atoms with Gasteiger partial charge < -0.3 is 9.84 Å². The van der Waals surface area contributed by atoms with Crippen molar-refractivity contribution in [3.05, 3.63) is 77.6 Å². The summed E-state index contributed by atoms with van der Waals surface area (Å²) in [5.41, 5.74) is 4.81. The van der Waals surface area contributed by atoms with E-state index >= 15 is 0 Å². The summed E-state index contributed by atoms with van der Waals surface area (Å²) in [6.07, 6.45) is 4.17. The van der Waals surface area contributed by atoms with E-state index in [4.69, 9.17) is 4.74 Å². The van der Waals surface area contributed by atoms with Crippen LogP contribution in [0, 0.1) is 6.92 Å². The van der Waals surface area contributed by atoms with Crippen molar-refractivity contribution in [2.75, 3.05) is 7.11 Å². The van der Waals surface area contributed by atoms with Crippen LogP contribution in [0.15, 0.2) is 60.9 Å². The number of nitrogens with zero attached hydrogens (tertiary/aromatic N) is 1. The quantitative estimate of drug-likeness (QED) is 0.778. The molecule has 0 aliphatic heterocycles. The van der Waals surface area contributed by atoms with Crippen LogP contribution in [0.1, 0.15) is 16.7 Å². The fraction of sp³-hybridized carbons (Fsp3) is 0.150. The Kier molecular flexibility index (Phi) is 4.29. The van der Waals surface area contributed by atoms with E-state index in [-0.39, 0.29) is 5.75 Å². The predicted octanol–water partition coefficient (Wildman–Crippen LogP) is 4.36. The summed E-state index contributed by atoms with van der Waals surface area (Å²) >= 11 is 0. The molecule has 0 spiro atoms. The minimum atomic E-state index is 0.270. The van der Waals surface area contributed by atoms with E-state index in [0.717, 1.165) is 27.8 Å². The lowest BCUT2D eigenvalue weighted by molar-refractivity contribution is 0.409. The minimum absolute atomic E-state index is 0.270. The SMILES string of the molecule is COc1ccc(Cc2ccncc2)c(O)c1-c1cccc(C)c1. The van der Waals surface area contributed by atoms with E-state index in [2.05, 4.69) is 4.98 Å². The van der Waals surface area contributed by atoms with Crippen molar-refractivity contribution in [2.45, 2.75) is 13.3 Å². The van der Waals surface area contributed by atoms with Gasteiger partial charge in [0.1, 0.15) is 11.5 Å². The van der Waals surface area contributed by atoms with Gasteiger partial charge in [0.05, 0.1) is 12.7 Å². The normalized spacial score (nSPS) is 10.5. The first-order valence-electron chi connectivity index (χ1n) is 7.54. The van der Waals surface area contributed by atoms with Crippen molar-refractivity contribution < 1.29 is 9.84 Å². The maximum Gasteiger partial charge on any atom is 0.130 e. The molecule has 0 fully saturated rings. The van der Waals surface area contributed by atoms with Crippen LogP contribution in [0.3, 0.4) is 0 Å². The molecule has 0 amide bonds. The van der Waals surface area contributed by atoms with Gasteiger partial charge in [0.15, 0.2) is 0 Å². The number of aromatic nitrogens is 1. The third-order valence-corrected chi connectivity index (χ3v) is 3.89. The molecular formula is C20H19NO2. The van der Waals surface area contributed by atoms with E-state index in [9.17, 15) is 5.11 Å². The summed E-state index contributed by atoms with van der Waals surface area (Å²) in [7, 11) is 1.62. The lowest BCUT2D eigenvalue weighted by atomic mass is 9.96. The van der Waals surface area contributed by atoms with E-state index < -0.39 is 0 Å². The second kappa shape index (κ2) is 6.53. The maximum atomic E-state index is 10.8. The first-order chi connectivity index (χ1) is 11.2. The Balaban J connectivity index is 2.09. The molecule has 116 valence electrons. The highest BCUT2D eigenvalue weighted by atomic mass is 16.5. The molecule has 0 saturated heterocycles. The molecule has 1 heterocycles. The molecule has 0 aliphatic rings. The van der Waals surface area contributed by atoms with Crippen LogP contribution >= 0.6 is 0 Å². The lowest BCUT2D eigenvalue weighted by Crippen LogP contribution is -1.95. The summed E-state index contributed by atoms with van der Waals surface area (Å²) in [4.78, 5) is 4.03. The first kappa shape index (κ1) is 15.1. The number of phenols is 1. The number of hydrogen-bond acceptors (Lipinski definition) is 3. The average Bonchev–Trinajstić information content (AvgIpc) is 2.57. The summed E-state index contributed by atoms with van der Waals surface area (Å²) in [6, 6.07) is 15.8. The molecule has 1 N–H and O–H groups in total. The van der Waals surface area contributed by atoms with E-state index in [0.29, 0.717) is 12.2 Å². The second-order valence-corrected chi connectivity index (χ2v) is 5.55. The Hall–Kier alpha value is -2.81. The number of methoxy groups -OCH3 is 1. The smallest absolute Gasteiger partial charge is 0.130 e. The number of hydrogen-bond donors (Lipinski definition) is 1. The van der Waals surface area contributed by atoms with Crippen LogP contribution in [0.4, 0.5) is 0 Å². The van der Waals surface area contributed by atoms with Gasteiger partial charge in [-0.2, -0.15) is 0 Å². The highest BCUT2D eigenvalue weighted by molar-refractivity contribution is 5.78. The maximum absolute atomic E-state index is 10.8. The zero-order chi connectivity index (χ0) is 16.2. The van der Waals surface area contributed by atoms with Crippen molar-refractivity contribution in [2.24, 2.45) is 0 Å². The molecule has 3 aromatic rings. The van der Waals surface area contributed by atoms with Crippen LogP contribution in [0.25, 0.3) is 11.1 Å². The number of phenolic OH excluding ortho intramolecular Hbond substituents is 1. The second-order valence-electron chi connectivity index (χ2n) is 5.55. The molecule has 23 heavy (non-hydrogen) atoms. The highest BCUT2D eigenvalue weighted by Crippen LogP contribution is 2.41. The molecule has 3 rings (SSSR count). The predicted molar refractivity (Wildman–Crippen MR) is 91.9 cm³/mol. The number of ether oxygens (including phenoxy) is 1. The first-order valence-corrected chi connectivity index (χ1v) is 7.54. The van der Waals surface area contributed by atoms with Gasteiger partial charge in [-0.25, -0.2) is 0 Å². The Morgan fingerprint density at radius 1 is 1.04 bits per heavy atom. The fourth-order valence-electron chi connectivity index (χ4n) is 2.73. The molecule has 3 nitrogen and oxygen atoms in total. The average molecular weight is 305 g/mol. The molecule has 1 aromatic heterocycles. The van der Waals surface area contributed by atoms with E-state index in [1.807, 2.05) is 55.5 Å². The van der Waals surface area contributed by atoms with Gasteiger partial charge in [-0.1, -0.05) is 35.9 Å². The molecule has 0 saturated carbocycles. The number of pyridine rings is 1. The monoisotopic (exact) mass is 305 g/mol. The molecule has 0 bridgehead atoms. The third-order valence-electron chi connectivity index (χ3n) is 3.89. The summed E-state index contributed by atoms with van der Waals surface area (Å²) in [5, 5.41) is 10.8. The number of rotatable bonds is 4. The van der Waals surface area contributed by atoms with Crippen LogP contribution < -0.4 is 4.74 Å². The molecule has 0 unspecified atom stereocenters. The lowest BCUT2D eigenvalue weighted by Gasteiger charge is -2.15. The minimum Gasteiger partial charge on any atom is -0.507 e. The van der Waals surface area contributed by atoms with Crippen molar-refractivity contribution in [1.29, 1.82) is 0 Å². The van der Waals surface area contributed by atoms with Crippen molar-refractivity contribution in [1.82, 2.24) is 4.98 Å². The van der Waals surface area contributed by atoms with Crippen molar-refractivity contribution in [3.63, 3.8) is 0 Å². The molecule has 2 aromatic carbocycles. The number of benzene rings is 2. The van der Waals surface area contributed by atoms with Crippen LogP contribution in [0.2, 0.25) is 0 Å². The standard InChI is InChI=1S/C20H19NO2/c1-14-4-3-5-16(12-14)19-18(23-2)7-6-17(20(19)22)13-15-8-10-21-11-9-15/h3-12,22H,13H2,1-2H3. The molecule has 0 atom stereocenters. The summed E-state index contributed by atoms with van der Waals surface area (Å²) < 4.78 is 5.46. The van der Waals surface area contributed by atoms with Gasteiger partial charge in [-0.3, -0.25) is 4.98 Å². The zero-order valence-corrected chi connectivity index (χ0v) is 13.3. The molecule has 0 radical (unpaired) electrons. The number of aryl methyl sites for hydroxylation is 1. The van der Waals surface area contributed by atoms with Gasteiger partial charge in [0, 0.05) is 18.8 Å². The van der Waals surface area contributed by atoms with Gasteiger partial charge in [-0.05, 0) is 41.8 Å². The van der Waals surface area contributed by atoms with E-state index in [1.54, 1.807) is 19.5 Å². The Morgan fingerprint density at radius 2 is 1.83 bits per heavy atom. The largest absolute Gasteiger partial charge is 0.507 e. The fourth-order valence-corrected chi connectivity index (χ4v) is 2.73. The zero-order valence-electron chi connectivity index (χ0n) is 13.3. The molecular weight excluding hydrogens is 286 g/mol.